The van der Waals surface area contributed by atoms with Crippen molar-refractivity contribution in [2.24, 2.45) is 5.73 Å². The second-order valence-electron chi connectivity index (χ2n) is 4.87. The lowest BCUT2D eigenvalue weighted by molar-refractivity contribution is -0.117. The van der Waals surface area contributed by atoms with Crippen LogP contribution >= 0.6 is 0 Å². The number of aryl methyl sites for hydroxylation is 1. The molecular formula is C16H18N2O4. The van der Waals surface area contributed by atoms with E-state index >= 15 is 0 Å². The van der Waals surface area contributed by atoms with Gasteiger partial charge in [-0.25, -0.2) is 4.79 Å². The van der Waals surface area contributed by atoms with Gasteiger partial charge in [0.25, 0.3) is 0 Å². The zero-order chi connectivity index (χ0) is 16.1. The maximum atomic E-state index is 11.5. The Balaban J connectivity index is 1.98. The van der Waals surface area contributed by atoms with Crippen molar-refractivity contribution in [1.29, 1.82) is 0 Å². The second-order valence-corrected chi connectivity index (χ2v) is 4.87. The summed E-state index contributed by atoms with van der Waals surface area (Å²) >= 11 is 0. The molecule has 1 heterocycles. The summed E-state index contributed by atoms with van der Waals surface area (Å²) in [5, 5.41) is 3.18. The molecule has 1 aromatic heterocycles. The number of primary amides is 1. The van der Waals surface area contributed by atoms with Gasteiger partial charge in [0.2, 0.25) is 5.91 Å². The first-order valence-corrected chi connectivity index (χ1v) is 6.78. The van der Waals surface area contributed by atoms with Gasteiger partial charge in [0.1, 0.15) is 17.1 Å². The van der Waals surface area contributed by atoms with Gasteiger partial charge in [-0.05, 0) is 30.7 Å². The summed E-state index contributed by atoms with van der Waals surface area (Å²) in [6, 6.07) is 9.04. The number of ether oxygens (including phenoxy) is 1. The van der Waals surface area contributed by atoms with Crippen LogP contribution in [0.15, 0.2) is 34.7 Å². The zero-order valence-electron chi connectivity index (χ0n) is 12.5. The lowest BCUT2D eigenvalue weighted by Crippen LogP contribution is -2.13. The summed E-state index contributed by atoms with van der Waals surface area (Å²) < 4.78 is 10.2. The van der Waals surface area contributed by atoms with Gasteiger partial charge in [-0.3, -0.25) is 4.79 Å². The molecule has 0 saturated carbocycles. The van der Waals surface area contributed by atoms with Crippen LogP contribution in [0.1, 0.15) is 27.4 Å². The molecule has 0 unspecified atom stereocenters. The molecule has 6 nitrogen and oxygen atoms in total. The Morgan fingerprint density at radius 1 is 1.27 bits per heavy atom. The van der Waals surface area contributed by atoms with Crippen molar-refractivity contribution < 1.29 is 18.7 Å². The predicted octanol–water partition coefficient (Wildman–Crippen LogP) is 2.01. The van der Waals surface area contributed by atoms with Crippen molar-refractivity contribution in [2.75, 3.05) is 12.4 Å². The third-order valence-electron chi connectivity index (χ3n) is 3.17. The average Bonchev–Trinajstić information content (AvgIpc) is 2.86. The van der Waals surface area contributed by atoms with E-state index in [-0.39, 0.29) is 12.3 Å². The maximum Gasteiger partial charge on any atom is 0.341 e. The number of anilines is 1. The van der Waals surface area contributed by atoms with E-state index in [1.165, 1.54) is 7.11 Å². The van der Waals surface area contributed by atoms with Crippen LogP contribution in [0.2, 0.25) is 0 Å². The van der Waals surface area contributed by atoms with E-state index in [1.54, 1.807) is 13.0 Å². The zero-order valence-corrected chi connectivity index (χ0v) is 12.5. The Kier molecular flexibility index (Phi) is 4.83. The highest BCUT2D eigenvalue weighted by Gasteiger charge is 2.15. The SMILES string of the molecule is COC(=O)c1cc(CNc2ccc(CC(N)=O)cc2)oc1C. The first-order valence-electron chi connectivity index (χ1n) is 6.78. The fourth-order valence-electron chi connectivity index (χ4n) is 2.07. The largest absolute Gasteiger partial charge is 0.465 e. The summed E-state index contributed by atoms with van der Waals surface area (Å²) in [6.45, 7) is 2.15. The molecule has 0 bridgehead atoms. The minimum absolute atomic E-state index is 0.222. The molecule has 0 fully saturated rings. The fraction of sp³-hybridized carbons (Fsp3) is 0.250. The minimum Gasteiger partial charge on any atom is -0.465 e. The van der Waals surface area contributed by atoms with Crippen molar-refractivity contribution in [3.05, 3.63) is 53.0 Å². The molecule has 0 radical (unpaired) electrons. The van der Waals surface area contributed by atoms with Crippen LogP contribution < -0.4 is 11.1 Å². The molecule has 2 rings (SSSR count). The van der Waals surface area contributed by atoms with E-state index in [0.29, 0.717) is 23.6 Å². The first kappa shape index (κ1) is 15.6. The minimum atomic E-state index is -0.414. The van der Waals surface area contributed by atoms with E-state index < -0.39 is 5.97 Å². The van der Waals surface area contributed by atoms with Gasteiger partial charge < -0.3 is 20.2 Å². The van der Waals surface area contributed by atoms with Gasteiger partial charge in [-0.15, -0.1) is 0 Å². The van der Waals surface area contributed by atoms with Crippen LogP contribution in [-0.2, 0) is 22.5 Å². The Hall–Kier alpha value is -2.76. The van der Waals surface area contributed by atoms with E-state index in [9.17, 15) is 9.59 Å². The molecule has 116 valence electrons. The Labute approximate surface area is 128 Å². The van der Waals surface area contributed by atoms with Crippen LogP contribution in [0.5, 0.6) is 0 Å². The molecule has 0 aliphatic heterocycles. The number of esters is 1. The van der Waals surface area contributed by atoms with E-state index in [4.69, 9.17) is 10.2 Å². The fourth-order valence-corrected chi connectivity index (χ4v) is 2.07. The average molecular weight is 302 g/mol. The molecule has 0 atom stereocenters. The Bertz CT molecular complexity index is 674. The van der Waals surface area contributed by atoms with Crippen molar-refractivity contribution in [3.8, 4) is 0 Å². The Morgan fingerprint density at radius 3 is 2.55 bits per heavy atom. The quantitative estimate of drug-likeness (QED) is 0.796. The van der Waals surface area contributed by atoms with Crippen molar-refractivity contribution in [1.82, 2.24) is 0 Å². The van der Waals surface area contributed by atoms with Crippen molar-refractivity contribution >= 4 is 17.6 Å². The van der Waals surface area contributed by atoms with Gasteiger partial charge in [0.15, 0.2) is 0 Å². The number of nitrogens with one attached hydrogen (secondary N) is 1. The summed E-state index contributed by atoms with van der Waals surface area (Å²) in [4.78, 5) is 22.3. The van der Waals surface area contributed by atoms with Crippen LogP contribution in [0.3, 0.4) is 0 Å². The number of rotatable bonds is 6. The summed E-state index contributed by atoms with van der Waals surface area (Å²) in [7, 11) is 1.33. The molecule has 3 N–H and O–H groups in total. The van der Waals surface area contributed by atoms with Gasteiger partial charge >= 0.3 is 5.97 Å². The predicted molar refractivity (Wildman–Crippen MR) is 81.5 cm³/mol. The third-order valence-corrected chi connectivity index (χ3v) is 3.17. The number of furan rings is 1. The molecule has 1 aromatic carbocycles. The summed E-state index contributed by atoms with van der Waals surface area (Å²) in [5.74, 6) is 0.394. The number of carbonyl (C=O) groups excluding carboxylic acids is 2. The molecule has 0 aliphatic carbocycles. The number of carbonyl (C=O) groups is 2. The molecule has 0 spiro atoms. The highest BCUT2D eigenvalue weighted by Crippen LogP contribution is 2.17. The number of benzene rings is 1. The number of amides is 1. The smallest absolute Gasteiger partial charge is 0.341 e. The highest BCUT2D eigenvalue weighted by molar-refractivity contribution is 5.90. The van der Waals surface area contributed by atoms with Gasteiger partial charge in [0.05, 0.1) is 20.1 Å². The molecule has 0 saturated heterocycles. The van der Waals surface area contributed by atoms with Gasteiger partial charge in [-0.2, -0.15) is 0 Å². The molecule has 6 heteroatoms. The molecule has 0 aliphatic rings. The van der Waals surface area contributed by atoms with Crippen LogP contribution in [0, 0.1) is 6.92 Å². The Morgan fingerprint density at radius 2 is 1.95 bits per heavy atom. The number of hydrogen-bond acceptors (Lipinski definition) is 5. The number of nitrogens with two attached hydrogens (primary N) is 1. The van der Waals surface area contributed by atoms with E-state index in [0.717, 1.165) is 11.3 Å². The van der Waals surface area contributed by atoms with Gasteiger partial charge in [0, 0.05) is 5.69 Å². The highest BCUT2D eigenvalue weighted by atomic mass is 16.5. The summed E-state index contributed by atoms with van der Waals surface area (Å²) in [5.41, 5.74) is 7.31. The van der Waals surface area contributed by atoms with E-state index in [1.807, 2.05) is 24.3 Å². The molecule has 22 heavy (non-hydrogen) atoms. The molecule has 2 aromatic rings. The lowest BCUT2D eigenvalue weighted by Gasteiger charge is -2.05. The monoisotopic (exact) mass is 302 g/mol. The standard InChI is InChI=1S/C16H18N2O4/c1-10-14(16(20)21-2)8-13(22-10)9-18-12-5-3-11(4-6-12)7-15(17)19/h3-6,8,18H,7,9H2,1-2H3,(H2,17,19). The number of methoxy groups -OCH3 is 1. The van der Waals surface area contributed by atoms with Crippen molar-refractivity contribution in [3.63, 3.8) is 0 Å². The summed E-state index contributed by atoms with van der Waals surface area (Å²) in [6.07, 6.45) is 0.222. The second kappa shape index (κ2) is 6.80. The first-order chi connectivity index (χ1) is 10.5. The molecule has 1 amide bonds. The van der Waals surface area contributed by atoms with E-state index in [2.05, 4.69) is 10.1 Å². The normalized spacial score (nSPS) is 10.3. The molecular weight excluding hydrogens is 284 g/mol. The van der Waals surface area contributed by atoms with Crippen LogP contribution in [0.4, 0.5) is 5.69 Å². The number of hydrogen-bond donors (Lipinski definition) is 2. The lowest BCUT2D eigenvalue weighted by atomic mass is 10.1. The third kappa shape index (κ3) is 3.88. The van der Waals surface area contributed by atoms with Crippen LogP contribution in [-0.4, -0.2) is 19.0 Å². The maximum absolute atomic E-state index is 11.5. The van der Waals surface area contributed by atoms with Crippen molar-refractivity contribution in [2.45, 2.75) is 19.9 Å². The van der Waals surface area contributed by atoms with Gasteiger partial charge in [-0.1, -0.05) is 12.1 Å². The topological polar surface area (TPSA) is 94.6 Å². The van der Waals surface area contributed by atoms with Crippen LogP contribution in [0.25, 0.3) is 0 Å².